The second-order valence-electron chi connectivity index (χ2n) is 12.8. The largest absolute Gasteiger partial charge is 0.483 e. The lowest BCUT2D eigenvalue weighted by molar-refractivity contribution is -0.156. The van der Waals surface area contributed by atoms with Gasteiger partial charge < -0.3 is 58.7 Å². The first-order chi connectivity index (χ1) is 28.7. The third-order valence-electron chi connectivity index (χ3n) is 6.94. The Balaban J connectivity index is 0.00000411. The van der Waals surface area contributed by atoms with Crippen molar-refractivity contribution in [1.82, 2.24) is 10.6 Å². The number of alkyl carbamates (subject to hydrolysis) is 1. The van der Waals surface area contributed by atoms with Crippen molar-refractivity contribution in [3.63, 3.8) is 0 Å². The Morgan fingerprint density at radius 1 is 0.803 bits per heavy atom. The number of amides is 2. The fraction of sp³-hybridized carbons (Fsp3) is 0.526. The molecule has 0 aliphatic carbocycles. The zero-order valence-corrected chi connectivity index (χ0v) is 34.5. The highest BCUT2D eigenvalue weighted by Crippen LogP contribution is 2.31. The van der Waals surface area contributed by atoms with Crippen LogP contribution < -0.4 is 20.1 Å². The summed E-state index contributed by atoms with van der Waals surface area (Å²) in [5.74, 6) is -15.6. The molecule has 0 aliphatic heterocycles. The van der Waals surface area contributed by atoms with Gasteiger partial charge in [0.15, 0.2) is 11.9 Å². The molecule has 0 aliphatic rings. The average molecular weight is 887 g/mol. The number of esters is 3. The monoisotopic (exact) mass is 886 g/mol. The number of nitrogens with one attached hydrogen (secondary N) is 2. The van der Waals surface area contributed by atoms with Gasteiger partial charge >= 0.3 is 24.0 Å². The molecule has 2 rings (SSSR count). The maximum atomic E-state index is 14.2. The number of ether oxygens (including phenoxy) is 8. The summed E-state index contributed by atoms with van der Waals surface area (Å²) in [5, 5.41) is 21.4. The molecule has 61 heavy (non-hydrogen) atoms. The van der Waals surface area contributed by atoms with E-state index < -0.39 is 89.8 Å². The van der Waals surface area contributed by atoms with Gasteiger partial charge in [0.05, 0.1) is 46.2 Å². The van der Waals surface area contributed by atoms with E-state index in [-0.39, 0.29) is 81.7 Å². The van der Waals surface area contributed by atoms with Gasteiger partial charge in [-0.15, -0.1) is 0 Å². The fourth-order valence-corrected chi connectivity index (χ4v) is 4.33. The molecular formula is C38H51F5N2O16. The Morgan fingerprint density at radius 2 is 1.33 bits per heavy atom. The van der Waals surface area contributed by atoms with E-state index >= 15 is 0 Å². The van der Waals surface area contributed by atoms with E-state index in [2.05, 4.69) is 15.4 Å². The Hall–Kier alpha value is -5.81. The summed E-state index contributed by atoms with van der Waals surface area (Å²) in [4.78, 5) is 67.1. The molecule has 23 heteroatoms. The molecule has 4 N–H and O–H groups in total. The van der Waals surface area contributed by atoms with Crippen LogP contribution >= 0.6 is 0 Å². The molecule has 2 unspecified atom stereocenters. The van der Waals surface area contributed by atoms with Gasteiger partial charge in [0.2, 0.25) is 29.1 Å². The van der Waals surface area contributed by atoms with E-state index in [1.54, 1.807) is 20.8 Å². The number of carboxylic acid groups (broad SMARTS) is 1. The van der Waals surface area contributed by atoms with Crippen molar-refractivity contribution in [2.75, 3.05) is 60.3 Å². The molecule has 0 bridgehead atoms. The summed E-state index contributed by atoms with van der Waals surface area (Å²) in [6.45, 7) is 6.84. The van der Waals surface area contributed by atoms with Crippen molar-refractivity contribution in [2.24, 2.45) is 0 Å². The van der Waals surface area contributed by atoms with E-state index in [0.717, 1.165) is 20.1 Å². The van der Waals surface area contributed by atoms with Crippen molar-refractivity contribution in [3.05, 3.63) is 58.4 Å². The molecular weight excluding hydrogens is 835 g/mol. The molecule has 0 saturated carbocycles. The van der Waals surface area contributed by atoms with E-state index in [1.807, 2.05) is 0 Å². The molecule has 2 amide bonds. The van der Waals surface area contributed by atoms with Gasteiger partial charge in [0.25, 0.3) is 12.4 Å². The van der Waals surface area contributed by atoms with Crippen molar-refractivity contribution in [2.45, 2.75) is 71.9 Å². The van der Waals surface area contributed by atoms with Gasteiger partial charge in [-0.05, 0) is 38.5 Å². The molecule has 0 radical (unpaired) electrons. The summed E-state index contributed by atoms with van der Waals surface area (Å²) in [6.07, 6.45) is -3.41. The van der Waals surface area contributed by atoms with Crippen LogP contribution in [0.2, 0.25) is 0 Å². The predicted molar refractivity (Wildman–Crippen MR) is 200 cm³/mol. The molecule has 0 spiro atoms. The molecule has 2 aromatic rings. The number of carbonyl (C=O) groups is 6. The first kappa shape index (κ1) is 55.2. The minimum atomic E-state index is -2.37. The standard InChI is InChI=1S/C34H43F5N2O12.C3H6O2.CH2O2/c1-19(43)51-21(8-11-42)17-24(32(45)47-5)52-23-7-6-20(18-50-30-28(38)26(36)25(35)27(37)29(30)39)16-22(23)31(44)40-9-12-48-14-15-49-13-10-41-33(46)53-34(2,3)4;1-3(4)5-2;2-1-3/h6-7,16,21,24,42H,8-15,17-18H2,1-5H3,(H,40,44)(H,41,46);1-2H3;1H,(H,2,3). The third kappa shape index (κ3) is 22.4. The van der Waals surface area contributed by atoms with E-state index in [1.165, 1.54) is 26.2 Å². The molecule has 0 fully saturated rings. The van der Waals surface area contributed by atoms with Crippen LogP contribution in [-0.2, 0) is 54.2 Å². The van der Waals surface area contributed by atoms with Crippen LogP contribution in [0.15, 0.2) is 18.2 Å². The molecule has 2 aromatic carbocycles. The highest BCUT2D eigenvalue weighted by atomic mass is 19.2. The smallest absolute Gasteiger partial charge is 0.407 e. The summed E-state index contributed by atoms with van der Waals surface area (Å²) in [5.41, 5.74) is -0.892. The Morgan fingerprint density at radius 3 is 1.80 bits per heavy atom. The number of hydrogen-bond acceptors (Lipinski definition) is 15. The molecule has 0 heterocycles. The normalized spacial score (nSPS) is 11.5. The lowest BCUT2D eigenvalue weighted by Crippen LogP contribution is -2.35. The number of halogens is 5. The van der Waals surface area contributed by atoms with Crippen LogP contribution in [0.3, 0.4) is 0 Å². The lowest BCUT2D eigenvalue weighted by atomic mass is 10.1. The molecule has 0 saturated heterocycles. The third-order valence-corrected chi connectivity index (χ3v) is 6.94. The number of carbonyl (C=O) groups excluding carboxylic acids is 5. The maximum Gasteiger partial charge on any atom is 0.407 e. The Kier molecular flexibility index (Phi) is 26.6. The maximum absolute atomic E-state index is 14.2. The Bertz CT molecular complexity index is 1700. The van der Waals surface area contributed by atoms with Gasteiger partial charge in [-0.2, -0.15) is 8.78 Å². The first-order valence-corrected chi connectivity index (χ1v) is 18.0. The highest BCUT2D eigenvalue weighted by molar-refractivity contribution is 5.97. The minimum absolute atomic E-state index is 0.000506. The number of benzene rings is 2. The van der Waals surface area contributed by atoms with Crippen LogP contribution in [0.25, 0.3) is 0 Å². The number of hydrogen-bond donors (Lipinski definition) is 4. The van der Waals surface area contributed by atoms with Crippen molar-refractivity contribution in [1.29, 1.82) is 0 Å². The van der Waals surface area contributed by atoms with Gasteiger partial charge in [-0.3, -0.25) is 19.2 Å². The van der Waals surface area contributed by atoms with Crippen molar-refractivity contribution >= 4 is 36.4 Å². The van der Waals surface area contributed by atoms with E-state index in [0.29, 0.717) is 0 Å². The van der Waals surface area contributed by atoms with Gasteiger partial charge in [-0.25, -0.2) is 22.8 Å². The van der Waals surface area contributed by atoms with Gasteiger partial charge in [0.1, 0.15) is 24.1 Å². The van der Waals surface area contributed by atoms with Crippen LogP contribution in [0.1, 0.15) is 63.4 Å². The van der Waals surface area contributed by atoms with E-state index in [4.69, 9.17) is 43.1 Å². The SMILES string of the molecule is COC(=O)C(CC(CCO)OC(C)=O)Oc1ccc(COc2c(F)c(F)c(F)c(F)c2F)cc1C(=O)NCCOCCOCCNC(=O)OC(C)(C)C.COC(C)=O.O=CO. The Labute approximate surface area is 347 Å². The zero-order chi connectivity index (χ0) is 46.7. The average Bonchev–Trinajstić information content (AvgIpc) is 3.19. The highest BCUT2D eigenvalue weighted by Gasteiger charge is 2.30. The number of methoxy groups -OCH3 is 2. The van der Waals surface area contributed by atoms with Crippen LogP contribution in [-0.4, -0.2) is 125 Å². The summed E-state index contributed by atoms with van der Waals surface area (Å²) < 4.78 is 110. The van der Waals surface area contributed by atoms with E-state index in [9.17, 15) is 51.0 Å². The fourth-order valence-electron chi connectivity index (χ4n) is 4.33. The van der Waals surface area contributed by atoms with Crippen LogP contribution in [0, 0.1) is 29.1 Å². The topological polar surface area (TPSA) is 241 Å². The van der Waals surface area contributed by atoms with Crippen LogP contribution in [0.4, 0.5) is 26.7 Å². The second kappa shape index (κ2) is 29.4. The first-order valence-electron chi connectivity index (χ1n) is 18.0. The van der Waals surface area contributed by atoms with Gasteiger partial charge in [0, 0.05) is 46.4 Å². The molecule has 344 valence electrons. The number of aliphatic hydroxyl groups excluding tert-OH is 1. The molecule has 0 aromatic heterocycles. The minimum Gasteiger partial charge on any atom is -0.483 e. The van der Waals surface area contributed by atoms with Crippen molar-refractivity contribution in [3.8, 4) is 11.5 Å². The second-order valence-corrected chi connectivity index (χ2v) is 12.8. The van der Waals surface area contributed by atoms with Crippen molar-refractivity contribution < 1.29 is 98.8 Å². The number of rotatable bonds is 21. The number of aliphatic hydroxyl groups is 1. The molecule has 18 nitrogen and oxygen atoms in total. The summed E-state index contributed by atoms with van der Waals surface area (Å²) in [7, 11) is 2.41. The molecule has 2 atom stereocenters. The predicted octanol–water partition coefficient (Wildman–Crippen LogP) is 3.75. The van der Waals surface area contributed by atoms with Crippen LogP contribution in [0.5, 0.6) is 11.5 Å². The van der Waals surface area contributed by atoms with Gasteiger partial charge in [-0.1, -0.05) is 6.07 Å². The summed E-state index contributed by atoms with van der Waals surface area (Å²) in [6, 6.07) is 3.54. The lowest BCUT2D eigenvalue weighted by Gasteiger charge is -2.23. The zero-order valence-electron chi connectivity index (χ0n) is 34.5. The quantitative estimate of drug-likeness (QED) is 0.0265. The summed E-state index contributed by atoms with van der Waals surface area (Å²) >= 11 is 0.